The molecule has 2 heterocycles. The molecular formula is C24H42N6O. The summed E-state index contributed by atoms with van der Waals surface area (Å²) >= 11 is 0. The molecule has 2 aliphatic rings. The molecule has 3 rings (SSSR count). The molecule has 1 unspecified atom stereocenters. The Labute approximate surface area is 188 Å². The van der Waals surface area contributed by atoms with E-state index in [1.165, 1.54) is 25.1 Å². The summed E-state index contributed by atoms with van der Waals surface area (Å²) in [4.78, 5) is 12.4. The van der Waals surface area contributed by atoms with Crippen molar-refractivity contribution < 1.29 is 4.74 Å². The lowest BCUT2D eigenvalue weighted by molar-refractivity contribution is 0.0220. The van der Waals surface area contributed by atoms with Crippen LogP contribution in [-0.2, 0) is 4.74 Å². The number of morpholine rings is 1. The highest BCUT2D eigenvalue weighted by molar-refractivity contribution is 5.79. The number of anilines is 1. The third kappa shape index (κ3) is 8.31. The van der Waals surface area contributed by atoms with Crippen LogP contribution in [0.4, 0.5) is 5.69 Å². The van der Waals surface area contributed by atoms with E-state index in [0.29, 0.717) is 6.04 Å². The van der Waals surface area contributed by atoms with Crippen molar-refractivity contribution in [1.29, 1.82) is 0 Å². The number of unbranched alkanes of at least 4 members (excludes halogenated alkanes) is 1. The molecule has 0 radical (unpaired) electrons. The van der Waals surface area contributed by atoms with Crippen molar-refractivity contribution in [3.63, 3.8) is 0 Å². The van der Waals surface area contributed by atoms with Crippen LogP contribution in [-0.4, -0.2) is 100 Å². The molecule has 1 aromatic carbocycles. The van der Waals surface area contributed by atoms with Gasteiger partial charge < -0.3 is 20.3 Å². The summed E-state index contributed by atoms with van der Waals surface area (Å²) in [6.45, 7) is 16.5. The van der Waals surface area contributed by atoms with Crippen LogP contribution in [0.25, 0.3) is 0 Å². The number of benzene rings is 1. The maximum absolute atomic E-state index is 5.45. The van der Waals surface area contributed by atoms with Crippen LogP contribution in [0, 0.1) is 0 Å². The van der Waals surface area contributed by atoms with Gasteiger partial charge in [0.15, 0.2) is 5.96 Å². The quantitative estimate of drug-likeness (QED) is 0.336. The fourth-order valence-electron chi connectivity index (χ4n) is 4.23. The Morgan fingerprint density at radius 1 is 1.00 bits per heavy atom. The highest BCUT2D eigenvalue weighted by atomic mass is 16.5. The molecule has 1 atom stereocenters. The number of rotatable bonds is 10. The van der Waals surface area contributed by atoms with Crippen molar-refractivity contribution in [2.75, 3.05) is 83.6 Å². The summed E-state index contributed by atoms with van der Waals surface area (Å²) in [5.41, 5.74) is 1.35. The molecule has 2 N–H and O–H groups in total. The number of ether oxygens (including phenoxy) is 1. The molecule has 0 saturated carbocycles. The second-order valence-electron chi connectivity index (χ2n) is 8.52. The fraction of sp³-hybridized carbons (Fsp3) is 0.708. The van der Waals surface area contributed by atoms with Gasteiger partial charge in [0.2, 0.25) is 0 Å². The molecule has 7 nitrogen and oxygen atoms in total. The van der Waals surface area contributed by atoms with E-state index in [2.05, 4.69) is 69.5 Å². The lowest BCUT2D eigenvalue weighted by Gasteiger charge is -2.36. The van der Waals surface area contributed by atoms with Gasteiger partial charge in [-0.25, -0.2) is 0 Å². The molecule has 0 spiro atoms. The highest BCUT2D eigenvalue weighted by Gasteiger charge is 2.17. The normalized spacial score (nSPS) is 19.9. The highest BCUT2D eigenvalue weighted by Crippen LogP contribution is 2.15. The van der Waals surface area contributed by atoms with E-state index in [0.717, 1.165) is 78.1 Å². The first kappa shape index (κ1) is 23.8. The fourth-order valence-corrected chi connectivity index (χ4v) is 4.23. The third-order valence-electron chi connectivity index (χ3n) is 6.21. The summed E-state index contributed by atoms with van der Waals surface area (Å²) in [5.74, 6) is 0.944. The molecule has 0 aliphatic carbocycles. The van der Waals surface area contributed by atoms with Gasteiger partial charge >= 0.3 is 0 Å². The van der Waals surface area contributed by atoms with E-state index in [4.69, 9.17) is 9.73 Å². The van der Waals surface area contributed by atoms with Gasteiger partial charge in [-0.3, -0.25) is 14.8 Å². The Bertz CT molecular complexity index is 626. The predicted molar refractivity (Wildman–Crippen MR) is 130 cm³/mol. The number of hydrogen-bond acceptors (Lipinski definition) is 5. The summed E-state index contributed by atoms with van der Waals surface area (Å²) in [7, 11) is 0. The number of guanidine groups is 1. The van der Waals surface area contributed by atoms with Crippen LogP contribution in [0.2, 0.25) is 0 Å². The molecule has 1 aromatic rings. The summed E-state index contributed by atoms with van der Waals surface area (Å²) in [6.07, 6.45) is 2.39. The smallest absolute Gasteiger partial charge is 0.191 e. The average Bonchev–Trinajstić information content (AvgIpc) is 2.83. The Morgan fingerprint density at radius 2 is 1.74 bits per heavy atom. The van der Waals surface area contributed by atoms with Crippen molar-refractivity contribution in [3.05, 3.63) is 30.3 Å². The van der Waals surface area contributed by atoms with Crippen LogP contribution in [0.5, 0.6) is 0 Å². The first-order valence-corrected chi connectivity index (χ1v) is 12.1. The minimum absolute atomic E-state index is 0.453. The van der Waals surface area contributed by atoms with Crippen LogP contribution >= 0.6 is 0 Å². The van der Waals surface area contributed by atoms with Crippen molar-refractivity contribution in [2.45, 2.75) is 32.7 Å². The van der Waals surface area contributed by atoms with Crippen molar-refractivity contribution in [1.82, 2.24) is 20.4 Å². The first-order valence-electron chi connectivity index (χ1n) is 12.1. The Balaban J connectivity index is 1.28. The van der Waals surface area contributed by atoms with Crippen molar-refractivity contribution in [3.8, 4) is 0 Å². The molecule has 31 heavy (non-hydrogen) atoms. The van der Waals surface area contributed by atoms with Gasteiger partial charge in [-0.1, -0.05) is 18.2 Å². The molecule has 2 saturated heterocycles. The zero-order valence-electron chi connectivity index (χ0n) is 19.6. The van der Waals surface area contributed by atoms with Gasteiger partial charge in [-0.05, 0) is 45.4 Å². The van der Waals surface area contributed by atoms with Crippen LogP contribution in [0.3, 0.4) is 0 Å². The van der Waals surface area contributed by atoms with E-state index in [1.807, 2.05) is 0 Å². The van der Waals surface area contributed by atoms with Gasteiger partial charge in [-0.2, -0.15) is 0 Å². The molecule has 2 fully saturated rings. The molecule has 7 heteroatoms. The first-order chi connectivity index (χ1) is 15.3. The molecule has 0 amide bonds. The topological polar surface area (TPSA) is 55.4 Å². The summed E-state index contributed by atoms with van der Waals surface area (Å²) in [5, 5.41) is 6.90. The Morgan fingerprint density at radius 3 is 2.45 bits per heavy atom. The van der Waals surface area contributed by atoms with Gasteiger partial charge in [0.1, 0.15) is 0 Å². The van der Waals surface area contributed by atoms with Crippen LogP contribution in [0.15, 0.2) is 35.3 Å². The van der Waals surface area contributed by atoms with Crippen molar-refractivity contribution >= 4 is 11.6 Å². The minimum Gasteiger partial charge on any atom is -0.379 e. The number of para-hydroxylation sites is 1. The zero-order chi connectivity index (χ0) is 21.7. The number of hydrogen-bond donors (Lipinski definition) is 2. The SMILES string of the molecule is CCNC(=NCC(C)N1CCOCC1)NCCCCN1CCN(c2ccccc2)CC1. The van der Waals surface area contributed by atoms with Crippen molar-refractivity contribution in [2.24, 2.45) is 4.99 Å². The summed E-state index contributed by atoms with van der Waals surface area (Å²) < 4.78 is 5.45. The minimum atomic E-state index is 0.453. The number of nitrogens with one attached hydrogen (secondary N) is 2. The second kappa shape index (κ2) is 13.6. The van der Waals surface area contributed by atoms with Gasteiger partial charge in [0.25, 0.3) is 0 Å². The van der Waals surface area contributed by atoms with Gasteiger partial charge in [0.05, 0.1) is 19.8 Å². The van der Waals surface area contributed by atoms with Gasteiger partial charge in [-0.15, -0.1) is 0 Å². The monoisotopic (exact) mass is 430 g/mol. The van der Waals surface area contributed by atoms with Crippen LogP contribution < -0.4 is 15.5 Å². The van der Waals surface area contributed by atoms with E-state index >= 15 is 0 Å². The lowest BCUT2D eigenvalue weighted by atomic mass is 10.2. The maximum atomic E-state index is 5.45. The van der Waals surface area contributed by atoms with Gasteiger partial charge in [0, 0.05) is 64.1 Å². The van der Waals surface area contributed by atoms with E-state index in [-0.39, 0.29) is 0 Å². The molecule has 2 aliphatic heterocycles. The second-order valence-corrected chi connectivity index (χ2v) is 8.52. The Kier molecular flexibility index (Phi) is 10.4. The summed E-state index contributed by atoms with van der Waals surface area (Å²) in [6, 6.07) is 11.2. The predicted octanol–water partition coefficient (Wildman–Crippen LogP) is 1.86. The average molecular weight is 431 g/mol. The third-order valence-corrected chi connectivity index (χ3v) is 6.21. The molecule has 0 bridgehead atoms. The molecule has 0 aromatic heterocycles. The number of aliphatic imine (C=N–C) groups is 1. The Hall–Kier alpha value is -1.83. The van der Waals surface area contributed by atoms with E-state index in [9.17, 15) is 0 Å². The molecular weight excluding hydrogens is 388 g/mol. The van der Waals surface area contributed by atoms with E-state index < -0.39 is 0 Å². The number of piperazine rings is 1. The zero-order valence-corrected chi connectivity index (χ0v) is 19.6. The molecule has 174 valence electrons. The van der Waals surface area contributed by atoms with E-state index in [1.54, 1.807) is 0 Å². The maximum Gasteiger partial charge on any atom is 0.191 e. The number of nitrogens with zero attached hydrogens (tertiary/aromatic N) is 4. The lowest BCUT2D eigenvalue weighted by Crippen LogP contribution is -2.46. The largest absolute Gasteiger partial charge is 0.379 e. The standard InChI is InChI=1S/C24H42N6O/c1-3-25-24(27-21-22(2)29-17-19-31-20-18-29)26-11-7-8-12-28-13-15-30(16-14-28)23-9-5-4-6-10-23/h4-6,9-10,22H,3,7-8,11-21H2,1-2H3,(H2,25,26,27). The van der Waals surface area contributed by atoms with Crippen LogP contribution in [0.1, 0.15) is 26.7 Å².